The minimum atomic E-state index is -0.747. The Bertz CT molecular complexity index is 712. The number of hydrogen-bond acceptors (Lipinski definition) is 1. The van der Waals surface area contributed by atoms with Crippen LogP contribution in [0, 0.1) is 29.4 Å². The third-order valence-electron chi connectivity index (χ3n) is 7.93. The molecule has 3 heteroatoms. The van der Waals surface area contributed by atoms with E-state index in [0.29, 0.717) is 11.5 Å². The number of benzene rings is 1. The Morgan fingerprint density at radius 1 is 0.966 bits per heavy atom. The third-order valence-corrected chi connectivity index (χ3v) is 7.93. The lowest BCUT2D eigenvalue weighted by molar-refractivity contribution is 0.152. The fraction of sp³-hybridized carbons (Fsp3) is 0.692. The predicted octanol–water partition coefficient (Wildman–Crippen LogP) is 7.72. The van der Waals surface area contributed by atoms with E-state index in [1.165, 1.54) is 25.7 Å². The first kappa shape index (κ1) is 20.9. The first-order chi connectivity index (χ1) is 14.1. The summed E-state index contributed by atoms with van der Waals surface area (Å²) in [4.78, 5) is 0. The minimum Gasteiger partial charge on any atom is -0.487 e. The van der Waals surface area contributed by atoms with Gasteiger partial charge in [0.25, 0.3) is 0 Å². The van der Waals surface area contributed by atoms with Crippen molar-refractivity contribution in [1.29, 1.82) is 0 Å². The Labute approximate surface area is 174 Å². The molecule has 1 aliphatic heterocycles. The second-order valence-electron chi connectivity index (χ2n) is 9.67. The number of rotatable bonds is 5. The van der Waals surface area contributed by atoms with Gasteiger partial charge in [-0.2, -0.15) is 4.39 Å². The van der Waals surface area contributed by atoms with Crippen molar-refractivity contribution >= 4 is 0 Å². The van der Waals surface area contributed by atoms with Crippen molar-refractivity contribution in [3.8, 4) is 5.75 Å². The van der Waals surface area contributed by atoms with E-state index < -0.39 is 11.6 Å². The van der Waals surface area contributed by atoms with Crippen molar-refractivity contribution in [2.75, 3.05) is 0 Å². The molecule has 0 radical (unpaired) electrons. The van der Waals surface area contributed by atoms with Gasteiger partial charge in [-0.15, -0.1) is 6.58 Å². The van der Waals surface area contributed by atoms with Gasteiger partial charge in [-0.25, -0.2) is 4.39 Å². The van der Waals surface area contributed by atoms with Crippen LogP contribution in [0.5, 0.6) is 5.75 Å². The maximum absolute atomic E-state index is 15.0. The molecule has 3 aliphatic rings. The lowest BCUT2D eigenvalue weighted by Crippen LogP contribution is -2.26. The van der Waals surface area contributed by atoms with Crippen molar-refractivity contribution < 1.29 is 13.5 Å². The zero-order valence-corrected chi connectivity index (χ0v) is 17.9. The van der Waals surface area contributed by atoms with E-state index in [0.717, 1.165) is 68.8 Å². The van der Waals surface area contributed by atoms with Gasteiger partial charge in [-0.3, -0.25) is 0 Å². The maximum Gasteiger partial charge on any atom is 0.201 e. The second-order valence-corrected chi connectivity index (χ2v) is 9.67. The first-order valence-corrected chi connectivity index (χ1v) is 11.9. The molecule has 1 aromatic rings. The van der Waals surface area contributed by atoms with E-state index in [1.54, 1.807) is 0 Å². The average Bonchev–Trinajstić information content (AvgIpc) is 2.77. The van der Waals surface area contributed by atoms with Gasteiger partial charge in [-0.05, 0) is 111 Å². The lowest BCUT2D eigenvalue weighted by Gasteiger charge is -2.37. The van der Waals surface area contributed by atoms with Crippen molar-refractivity contribution in [3.05, 3.63) is 41.5 Å². The summed E-state index contributed by atoms with van der Waals surface area (Å²) in [7, 11) is 0. The van der Waals surface area contributed by atoms with Crippen LogP contribution in [0.3, 0.4) is 0 Å². The highest BCUT2D eigenvalue weighted by molar-refractivity contribution is 5.42. The van der Waals surface area contributed by atoms with Gasteiger partial charge in [0.05, 0.1) is 6.10 Å². The molecule has 4 rings (SSSR count). The molecule has 160 valence electrons. The number of ether oxygens (including phenoxy) is 1. The van der Waals surface area contributed by atoms with E-state index in [-0.39, 0.29) is 17.8 Å². The Kier molecular flexibility index (Phi) is 6.61. The fourth-order valence-electron chi connectivity index (χ4n) is 6.12. The molecule has 1 unspecified atom stereocenters. The average molecular weight is 403 g/mol. The molecule has 1 nitrogen and oxygen atoms in total. The molecule has 1 heterocycles. The highest BCUT2D eigenvalue weighted by Crippen LogP contribution is 2.46. The van der Waals surface area contributed by atoms with Crippen molar-refractivity contribution in [3.63, 3.8) is 0 Å². The standard InChI is InChI=1S/C26H36F2O/c1-3-5-22-15-14-21-16-23(24(27)25(28)26(21)29-22)20-12-10-19(11-13-20)18-8-6-17(4-2)7-9-18/h4,16-20,22H,2-3,5-15H2,1H3. The van der Waals surface area contributed by atoms with Gasteiger partial charge in [0, 0.05) is 0 Å². The molecule has 0 spiro atoms. The topological polar surface area (TPSA) is 9.23 Å². The number of allylic oxidation sites excluding steroid dienone is 1. The lowest BCUT2D eigenvalue weighted by atomic mass is 9.68. The van der Waals surface area contributed by atoms with Gasteiger partial charge in [0.1, 0.15) is 0 Å². The summed E-state index contributed by atoms with van der Waals surface area (Å²) in [5.74, 6) is 1.22. The van der Waals surface area contributed by atoms with E-state index in [9.17, 15) is 8.78 Å². The number of hydrogen-bond donors (Lipinski definition) is 0. The van der Waals surface area contributed by atoms with Gasteiger partial charge < -0.3 is 4.74 Å². The fourth-order valence-corrected chi connectivity index (χ4v) is 6.12. The van der Waals surface area contributed by atoms with Crippen LogP contribution >= 0.6 is 0 Å². The Balaban J connectivity index is 1.41. The van der Waals surface area contributed by atoms with Crippen LogP contribution in [0.4, 0.5) is 8.78 Å². The van der Waals surface area contributed by atoms with Crippen molar-refractivity contribution in [2.45, 2.75) is 96.0 Å². The van der Waals surface area contributed by atoms with E-state index >= 15 is 0 Å². The molecule has 1 atom stereocenters. The molecule has 2 saturated carbocycles. The van der Waals surface area contributed by atoms with Gasteiger partial charge in [0.15, 0.2) is 11.6 Å². The Hall–Kier alpha value is -1.38. The number of halogens is 2. The molecule has 2 fully saturated rings. The molecular weight excluding hydrogens is 366 g/mol. The van der Waals surface area contributed by atoms with Crippen molar-refractivity contribution in [1.82, 2.24) is 0 Å². The number of aryl methyl sites for hydroxylation is 1. The zero-order chi connectivity index (χ0) is 20.4. The van der Waals surface area contributed by atoms with E-state index in [2.05, 4.69) is 19.6 Å². The van der Waals surface area contributed by atoms with Crippen LogP contribution in [-0.2, 0) is 6.42 Å². The van der Waals surface area contributed by atoms with E-state index in [1.807, 2.05) is 6.07 Å². The highest BCUT2D eigenvalue weighted by Gasteiger charge is 2.34. The summed E-state index contributed by atoms with van der Waals surface area (Å²) in [6.07, 6.45) is 15.2. The van der Waals surface area contributed by atoms with E-state index in [4.69, 9.17) is 4.74 Å². The Morgan fingerprint density at radius 3 is 2.24 bits per heavy atom. The van der Waals surface area contributed by atoms with Crippen molar-refractivity contribution in [2.24, 2.45) is 17.8 Å². The molecule has 0 bridgehead atoms. The van der Waals surface area contributed by atoms with Crippen LogP contribution < -0.4 is 4.74 Å². The molecule has 2 aliphatic carbocycles. The molecular formula is C26H36F2O. The maximum atomic E-state index is 15.0. The largest absolute Gasteiger partial charge is 0.487 e. The minimum absolute atomic E-state index is 0.0267. The van der Waals surface area contributed by atoms with Crippen LogP contribution in [0.1, 0.15) is 94.6 Å². The summed E-state index contributed by atoms with van der Waals surface area (Å²) in [6, 6.07) is 1.93. The normalized spacial score (nSPS) is 32.3. The number of fused-ring (bicyclic) bond motifs is 1. The van der Waals surface area contributed by atoms with Crippen LogP contribution in [-0.4, -0.2) is 6.10 Å². The monoisotopic (exact) mass is 402 g/mol. The third kappa shape index (κ3) is 4.39. The molecule has 1 aromatic carbocycles. The summed E-state index contributed by atoms with van der Waals surface area (Å²) in [5, 5.41) is 0. The smallest absolute Gasteiger partial charge is 0.201 e. The summed E-state index contributed by atoms with van der Waals surface area (Å²) < 4.78 is 35.6. The predicted molar refractivity (Wildman–Crippen MR) is 114 cm³/mol. The van der Waals surface area contributed by atoms with Gasteiger partial charge in [0.2, 0.25) is 5.82 Å². The SMILES string of the molecule is C=CC1CCC(C2CCC(c3cc4c(c(F)c3F)OC(CCC)CC4)CC2)CC1. The quantitative estimate of drug-likeness (QED) is 0.458. The van der Waals surface area contributed by atoms with Gasteiger partial charge in [-0.1, -0.05) is 19.4 Å². The van der Waals surface area contributed by atoms with Crippen LogP contribution in [0.25, 0.3) is 0 Å². The Morgan fingerprint density at radius 2 is 1.62 bits per heavy atom. The summed E-state index contributed by atoms with van der Waals surface area (Å²) in [5.41, 5.74) is 1.48. The molecule has 0 N–H and O–H groups in total. The van der Waals surface area contributed by atoms with Gasteiger partial charge >= 0.3 is 0 Å². The summed E-state index contributed by atoms with van der Waals surface area (Å²) >= 11 is 0. The van der Waals surface area contributed by atoms with Crippen LogP contribution in [0.15, 0.2) is 18.7 Å². The summed E-state index contributed by atoms with van der Waals surface area (Å²) in [6.45, 7) is 6.05. The second kappa shape index (κ2) is 9.18. The zero-order valence-electron chi connectivity index (χ0n) is 17.9. The molecule has 0 amide bonds. The molecule has 0 aromatic heterocycles. The molecule has 0 saturated heterocycles. The highest BCUT2D eigenvalue weighted by atomic mass is 19.2. The first-order valence-electron chi connectivity index (χ1n) is 11.9. The van der Waals surface area contributed by atoms with Crippen LogP contribution in [0.2, 0.25) is 0 Å². The molecule has 29 heavy (non-hydrogen) atoms.